The number of nitrogens with zero attached hydrogens (tertiary/aromatic N) is 2. The molecule has 1 aromatic heterocycles. The number of hydrogen-bond donors (Lipinski definition) is 1. The smallest absolute Gasteiger partial charge is 0.149 e. The molecule has 0 aliphatic heterocycles. The van der Waals surface area contributed by atoms with Gasteiger partial charge in [-0.25, -0.2) is 0 Å². The maximum atomic E-state index is 9.98. The van der Waals surface area contributed by atoms with Gasteiger partial charge in [-0.3, -0.25) is 0 Å². The average molecular weight is 228 g/mol. The Morgan fingerprint density at radius 1 is 1.27 bits per heavy atom. The maximum absolute atomic E-state index is 9.98. The molecule has 1 aliphatic carbocycles. The lowest BCUT2D eigenvalue weighted by Crippen LogP contribution is -2.33. The van der Waals surface area contributed by atoms with E-state index in [-0.39, 0.29) is 0 Å². The Balaban J connectivity index is 0.000000531. The van der Waals surface area contributed by atoms with Crippen molar-refractivity contribution in [2.75, 3.05) is 0 Å². The van der Waals surface area contributed by atoms with E-state index in [4.69, 9.17) is 0 Å². The molecule has 4 heteroatoms. The quantitative estimate of drug-likeness (QED) is 0.846. The molecule has 0 bridgehead atoms. The third kappa shape index (κ3) is 2.55. The van der Waals surface area contributed by atoms with Gasteiger partial charge in [-0.15, -0.1) is 10.2 Å². The number of hydrogen-bond acceptors (Lipinski definition) is 4. The summed E-state index contributed by atoms with van der Waals surface area (Å²) in [6.45, 7) is 8.18. The van der Waals surface area contributed by atoms with Crippen molar-refractivity contribution in [2.45, 2.75) is 58.5 Å². The fourth-order valence-corrected chi connectivity index (χ4v) is 2.37. The third-order valence-electron chi connectivity index (χ3n) is 2.51. The normalized spacial score (nSPS) is 18.0. The lowest BCUT2D eigenvalue weighted by Gasteiger charge is -2.33. The van der Waals surface area contributed by atoms with Gasteiger partial charge in [0.15, 0.2) is 0 Å². The maximum Gasteiger partial charge on any atom is 0.149 e. The predicted molar refractivity (Wildman–Crippen MR) is 63.1 cm³/mol. The molecule has 0 saturated heterocycles. The summed E-state index contributed by atoms with van der Waals surface area (Å²) in [6, 6.07) is 0. The first-order valence-electron chi connectivity index (χ1n) is 5.68. The van der Waals surface area contributed by atoms with E-state index in [1.807, 2.05) is 13.8 Å². The zero-order chi connectivity index (χ0) is 11.5. The molecule has 1 aromatic rings. The zero-order valence-corrected chi connectivity index (χ0v) is 10.8. The summed E-state index contributed by atoms with van der Waals surface area (Å²) in [4.78, 5) is 0. The van der Waals surface area contributed by atoms with E-state index in [1.54, 1.807) is 11.3 Å². The standard InChI is InChI=1S/C9H14N2OS.C2H6/c1-6(2)7-10-11-8(13-7)9(12)4-3-5-9;1-2/h6,12H,3-5H2,1-2H3;1-2H3. The van der Waals surface area contributed by atoms with Crippen LogP contribution >= 0.6 is 11.3 Å². The Morgan fingerprint density at radius 2 is 1.87 bits per heavy atom. The van der Waals surface area contributed by atoms with Crippen molar-refractivity contribution in [3.8, 4) is 0 Å². The molecule has 1 N–H and O–H groups in total. The van der Waals surface area contributed by atoms with Gasteiger partial charge in [0.2, 0.25) is 0 Å². The fourth-order valence-electron chi connectivity index (χ4n) is 1.38. The Bertz CT molecular complexity index is 305. The molecule has 1 aliphatic rings. The molecule has 1 fully saturated rings. The minimum atomic E-state index is -0.634. The third-order valence-corrected chi connectivity index (χ3v) is 3.93. The van der Waals surface area contributed by atoms with Crippen LogP contribution in [0.4, 0.5) is 0 Å². The molecule has 1 saturated carbocycles. The molecule has 3 nitrogen and oxygen atoms in total. The summed E-state index contributed by atoms with van der Waals surface area (Å²) in [6.07, 6.45) is 2.80. The van der Waals surface area contributed by atoms with Crippen molar-refractivity contribution in [3.05, 3.63) is 10.0 Å². The highest BCUT2D eigenvalue weighted by atomic mass is 32.1. The lowest BCUT2D eigenvalue weighted by molar-refractivity contribution is -0.0394. The number of aromatic nitrogens is 2. The molecule has 0 amide bonds. The topological polar surface area (TPSA) is 46.0 Å². The minimum absolute atomic E-state index is 0.412. The van der Waals surface area contributed by atoms with Crippen LogP contribution in [0, 0.1) is 0 Å². The summed E-state index contributed by atoms with van der Waals surface area (Å²) < 4.78 is 0. The van der Waals surface area contributed by atoms with Gasteiger partial charge in [0.1, 0.15) is 15.6 Å². The Kier molecular flexibility index (Phi) is 4.22. The molecule has 86 valence electrons. The summed E-state index contributed by atoms with van der Waals surface area (Å²) in [7, 11) is 0. The first-order valence-corrected chi connectivity index (χ1v) is 6.50. The molecule has 1 heterocycles. The van der Waals surface area contributed by atoms with Gasteiger partial charge in [0.25, 0.3) is 0 Å². The van der Waals surface area contributed by atoms with E-state index in [1.165, 1.54) is 0 Å². The highest BCUT2D eigenvalue weighted by Crippen LogP contribution is 2.42. The summed E-state index contributed by atoms with van der Waals surface area (Å²) >= 11 is 1.55. The van der Waals surface area contributed by atoms with Gasteiger partial charge in [0, 0.05) is 5.92 Å². The van der Waals surface area contributed by atoms with Gasteiger partial charge in [-0.05, 0) is 19.3 Å². The second-order valence-electron chi connectivity index (χ2n) is 3.99. The predicted octanol–water partition coefficient (Wildman–Crippen LogP) is 3.06. The molecule has 0 aromatic carbocycles. The second-order valence-corrected chi connectivity index (χ2v) is 4.99. The van der Waals surface area contributed by atoms with E-state index >= 15 is 0 Å². The van der Waals surface area contributed by atoms with Crippen LogP contribution in [0.2, 0.25) is 0 Å². The second kappa shape index (κ2) is 5.03. The SMILES string of the molecule is CC.CC(C)c1nnc(C2(O)CCC2)s1. The van der Waals surface area contributed by atoms with Crippen LogP contribution in [0.5, 0.6) is 0 Å². The van der Waals surface area contributed by atoms with Crippen molar-refractivity contribution >= 4 is 11.3 Å². The van der Waals surface area contributed by atoms with Crippen molar-refractivity contribution in [3.63, 3.8) is 0 Å². The van der Waals surface area contributed by atoms with Crippen LogP contribution < -0.4 is 0 Å². The van der Waals surface area contributed by atoms with Crippen LogP contribution in [-0.4, -0.2) is 15.3 Å². The Labute approximate surface area is 95.6 Å². The lowest BCUT2D eigenvalue weighted by atomic mass is 9.81. The summed E-state index contributed by atoms with van der Waals surface area (Å²) in [5, 5.41) is 19.9. The average Bonchev–Trinajstić information content (AvgIpc) is 2.66. The molecule has 0 atom stereocenters. The van der Waals surface area contributed by atoms with Crippen molar-refractivity contribution < 1.29 is 5.11 Å². The molecule has 0 spiro atoms. The Hall–Kier alpha value is -0.480. The first-order chi connectivity index (χ1) is 7.12. The molecule has 15 heavy (non-hydrogen) atoms. The summed E-state index contributed by atoms with van der Waals surface area (Å²) in [5.41, 5.74) is -0.634. The van der Waals surface area contributed by atoms with Crippen molar-refractivity contribution in [1.29, 1.82) is 0 Å². The van der Waals surface area contributed by atoms with Gasteiger partial charge in [-0.1, -0.05) is 39.0 Å². The molecule has 2 rings (SSSR count). The van der Waals surface area contributed by atoms with E-state index in [2.05, 4.69) is 24.0 Å². The van der Waals surface area contributed by atoms with E-state index in [0.717, 1.165) is 29.3 Å². The van der Waals surface area contributed by atoms with Crippen LogP contribution in [-0.2, 0) is 5.60 Å². The molecule has 0 unspecified atom stereocenters. The number of rotatable bonds is 2. The number of aliphatic hydroxyl groups is 1. The first kappa shape index (κ1) is 12.6. The molecule has 0 radical (unpaired) electrons. The van der Waals surface area contributed by atoms with Gasteiger partial charge in [-0.2, -0.15) is 0 Å². The monoisotopic (exact) mass is 228 g/mol. The van der Waals surface area contributed by atoms with E-state index < -0.39 is 5.60 Å². The fraction of sp³-hybridized carbons (Fsp3) is 0.818. The largest absolute Gasteiger partial charge is 0.383 e. The highest BCUT2D eigenvalue weighted by molar-refractivity contribution is 7.11. The van der Waals surface area contributed by atoms with Crippen molar-refractivity contribution in [2.24, 2.45) is 0 Å². The molecular weight excluding hydrogens is 208 g/mol. The van der Waals surface area contributed by atoms with Crippen LogP contribution in [0.25, 0.3) is 0 Å². The van der Waals surface area contributed by atoms with Crippen LogP contribution in [0.15, 0.2) is 0 Å². The van der Waals surface area contributed by atoms with Crippen LogP contribution in [0.1, 0.15) is 62.9 Å². The van der Waals surface area contributed by atoms with Gasteiger partial charge in [0.05, 0.1) is 0 Å². The van der Waals surface area contributed by atoms with Gasteiger partial charge < -0.3 is 5.11 Å². The highest BCUT2D eigenvalue weighted by Gasteiger charge is 2.39. The van der Waals surface area contributed by atoms with E-state index in [0.29, 0.717) is 5.92 Å². The minimum Gasteiger partial charge on any atom is -0.383 e. The van der Waals surface area contributed by atoms with Gasteiger partial charge >= 0.3 is 0 Å². The molecular formula is C11H20N2OS. The Morgan fingerprint density at radius 3 is 2.20 bits per heavy atom. The van der Waals surface area contributed by atoms with Crippen molar-refractivity contribution in [1.82, 2.24) is 10.2 Å². The van der Waals surface area contributed by atoms with E-state index in [9.17, 15) is 5.11 Å². The summed E-state index contributed by atoms with van der Waals surface area (Å²) in [5.74, 6) is 0.412. The van der Waals surface area contributed by atoms with Crippen LogP contribution in [0.3, 0.4) is 0 Å². The zero-order valence-electron chi connectivity index (χ0n) is 9.95.